The molecule has 0 heterocycles. The van der Waals surface area contributed by atoms with Crippen molar-refractivity contribution in [2.45, 2.75) is 59.9 Å². The van der Waals surface area contributed by atoms with Crippen LogP contribution in [0, 0.1) is 0 Å². The fraction of sp³-hybridized carbons (Fsp3) is 1.00. The van der Waals surface area contributed by atoms with Gasteiger partial charge in [-0.3, -0.25) is 0 Å². The molecule has 0 rings (SSSR count). The van der Waals surface area contributed by atoms with Gasteiger partial charge in [-0.05, 0) is 0 Å². The van der Waals surface area contributed by atoms with Crippen molar-refractivity contribution < 1.29 is 46.3 Å². The topological polar surface area (TPSA) is 69.2 Å². The van der Waals surface area contributed by atoms with Crippen molar-refractivity contribution in [3.05, 3.63) is 0 Å². The van der Waals surface area contributed by atoms with Crippen molar-refractivity contribution >= 4 is 17.4 Å². The zero-order chi connectivity index (χ0) is 10.7. The third-order valence-corrected chi connectivity index (χ3v) is 0. The molecule has 0 aromatic carbocycles. The van der Waals surface area contributed by atoms with Crippen LogP contribution >= 0.6 is 0 Å². The molecule has 3 nitrogen and oxygen atoms in total. The Morgan fingerprint density at radius 3 is 0.643 bits per heavy atom. The Hall–Kier alpha value is 1.41. The normalized spacial score (nSPS) is 7.71. The molecule has 0 radical (unpaired) electrons. The second-order valence-corrected chi connectivity index (χ2v) is 3.15. The average Bonchev–Trinajstić information content (AvgIpc) is 1.54. The number of hydrogen-bond donors (Lipinski definition) is 0. The Bertz CT molecular complexity index is 53.8. The summed E-state index contributed by atoms with van der Waals surface area (Å²) in [6.45, 7) is 9.67. The van der Waals surface area contributed by atoms with Crippen molar-refractivity contribution in [1.82, 2.24) is 0 Å². The van der Waals surface area contributed by atoms with Gasteiger partial charge >= 0.3 is 46.9 Å². The predicted molar refractivity (Wildman–Crippen MR) is 52.3 cm³/mol. The van der Waals surface area contributed by atoms with E-state index in [1.807, 2.05) is 0 Å². The molecule has 0 N–H and O–H groups in total. The van der Waals surface area contributed by atoms with Crippen LogP contribution in [0.5, 0.6) is 0 Å². The van der Waals surface area contributed by atoms with Gasteiger partial charge in [0, 0.05) is 0 Å². The van der Waals surface area contributed by atoms with E-state index < -0.39 is 18.3 Å². The minimum atomic E-state index is -0.417. The van der Waals surface area contributed by atoms with Gasteiger partial charge in [-0.25, -0.2) is 0 Å². The zero-order valence-corrected chi connectivity index (χ0v) is 13.7. The van der Waals surface area contributed by atoms with E-state index >= 15 is 0 Å². The summed E-state index contributed by atoms with van der Waals surface area (Å²) in [6.07, 6.45) is -1.25. The Morgan fingerprint density at radius 2 is 0.643 bits per heavy atom. The molecular formula is C9H22AlNaO3. The fourth-order valence-corrected chi connectivity index (χ4v) is 0. The van der Waals surface area contributed by atoms with Gasteiger partial charge in [-0.2, -0.15) is 0 Å². The van der Waals surface area contributed by atoms with Gasteiger partial charge in [-0.1, -0.05) is 41.5 Å². The molecule has 0 saturated heterocycles. The van der Waals surface area contributed by atoms with Crippen molar-refractivity contribution in [3.63, 3.8) is 0 Å². The van der Waals surface area contributed by atoms with Crippen LogP contribution in [0.1, 0.15) is 43.0 Å². The standard InChI is InChI=1S/3C3H7O.Al.Na.H/c3*1-3(2)4;;;/h3*3H,1-2H3;;;/q3*-1;+3;+1;-1. The van der Waals surface area contributed by atoms with Gasteiger partial charge in [0.15, 0.2) is 0 Å². The van der Waals surface area contributed by atoms with Crippen molar-refractivity contribution in [2.24, 2.45) is 0 Å². The van der Waals surface area contributed by atoms with Crippen LogP contribution in [0.4, 0.5) is 0 Å². The maximum Gasteiger partial charge on any atom is 3.00 e. The van der Waals surface area contributed by atoms with Gasteiger partial charge in [-0.15, -0.1) is 18.3 Å². The van der Waals surface area contributed by atoms with E-state index in [-0.39, 0.29) is 48.3 Å². The van der Waals surface area contributed by atoms with Gasteiger partial charge in [0.25, 0.3) is 0 Å². The third kappa shape index (κ3) is 1040. The molecule has 0 unspecified atom stereocenters. The molecule has 0 aromatic heterocycles. The Balaban J connectivity index is -0.0000000184. The summed E-state index contributed by atoms with van der Waals surface area (Å²) in [6, 6.07) is 0. The Morgan fingerprint density at radius 1 is 0.643 bits per heavy atom. The van der Waals surface area contributed by atoms with E-state index in [9.17, 15) is 15.3 Å². The predicted octanol–water partition coefficient (Wildman–Crippen LogP) is -4.00. The minimum absolute atomic E-state index is 0. The van der Waals surface area contributed by atoms with E-state index in [1.54, 1.807) is 41.5 Å². The minimum Gasteiger partial charge on any atom is -1.00 e. The average molecular weight is 228 g/mol. The summed E-state index contributed by atoms with van der Waals surface area (Å²) in [4.78, 5) is 0. The molecule has 5 heteroatoms. The van der Waals surface area contributed by atoms with E-state index in [4.69, 9.17) is 0 Å². The van der Waals surface area contributed by atoms with Crippen LogP contribution in [0.3, 0.4) is 0 Å². The molecule has 0 fully saturated rings. The van der Waals surface area contributed by atoms with E-state index in [0.717, 1.165) is 0 Å². The molecule has 0 aromatic rings. The molecule has 80 valence electrons. The summed E-state index contributed by atoms with van der Waals surface area (Å²) in [5.41, 5.74) is 0. The van der Waals surface area contributed by atoms with Crippen LogP contribution in [0.2, 0.25) is 0 Å². The molecular weight excluding hydrogens is 206 g/mol. The summed E-state index contributed by atoms with van der Waals surface area (Å²) in [5, 5.41) is 28.6. The fourth-order valence-electron chi connectivity index (χ4n) is 0. The van der Waals surface area contributed by atoms with Gasteiger partial charge in [0.05, 0.1) is 0 Å². The van der Waals surface area contributed by atoms with Crippen LogP contribution in [0.25, 0.3) is 0 Å². The third-order valence-electron chi connectivity index (χ3n) is 0. The second kappa shape index (κ2) is 23.9. The van der Waals surface area contributed by atoms with Crippen LogP contribution in [0.15, 0.2) is 0 Å². The zero-order valence-electron chi connectivity index (χ0n) is 11.5. The molecule has 0 aliphatic heterocycles. The molecule has 0 aliphatic carbocycles. The largest absolute Gasteiger partial charge is 3.00 e. The molecule has 0 spiro atoms. The van der Waals surface area contributed by atoms with Crippen molar-refractivity contribution in [2.75, 3.05) is 0 Å². The molecule has 0 aliphatic rings. The first-order valence-electron chi connectivity index (χ1n) is 4.17. The summed E-state index contributed by atoms with van der Waals surface area (Å²) in [5.74, 6) is 0. The van der Waals surface area contributed by atoms with Crippen molar-refractivity contribution in [1.29, 1.82) is 0 Å². The number of rotatable bonds is 0. The smallest absolute Gasteiger partial charge is 1.00 e. The summed E-state index contributed by atoms with van der Waals surface area (Å²) >= 11 is 0. The summed E-state index contributed by atoms with van der Waals surface area (Å²) < 4.78 is 0. The van der Waals surface area contributed by atoms with Crippen molar-refractivity contribution in [3.8, 4) is 0 Å². The Labute approximate surface area is 123 Å². The van der Waals surface area contributed by atoms with Crippen LogP contribution < -0.4 is 44.9 Å². The molecule has 14 heavy (non-hydrogen) atoms. The first-order valence-corrected chi connectivity index (χ1v) is 4.17. The quantitative estimate of drug-likeness (QED) is 0.397. The first-order chi connectivity index (χ1) is 5.20. The van der Waals surface area contributed by atoms with Gasteiger partial charge < -0.3 is 16.7 Å². The van der Waals surface area contributed by atoms with Gasteiger partial charge in [0.2, 0.25) is 0 Å². The maximum atomic E-state index is 9.53. The van der Waals surface area contributed by atoms with Crippen LogP contribution in [-0.4, -0.2) is 35.7 Å². The molecule has 0 bridgehead atoms. The summed E-state index contributed by atoms with van der Waals surface area (Å²) in [7, 11) is 0. The first kappa shape index (κ1) is 29.5. The SMILES string of the molecule is CC(C)[O-].CC(C)[O-].CC(C)[O-].[Al+3].[H-].[Na+]. The van der Waals surface area contributed by atoms with E-state index in [1.165, 1.54) is 0 Å². The second-order valence-electron chi connectivity index (χ2n) is 3.15. The number of hydrogen-bond acceptors (Lipinski definition) is 3. The molecule has 0 saturated carbocycles. The van der Waals surface area contributed by atoms with E-state index in [0.29, 0.717) is 0 Å². The van der Waals surface area contributed by atoms with E-state index in [2.05, 4.69) is 0 Å². The molecule has 0 amide bonds. The van der Waals surface area contributed by atoms with Gasteiger partial charge in [0.1, 0.15) is 0 Å². The van der Waals surface area contributed by atoms with Crippen LogP contribution in [-0.2, 0) is 0 Å². The molecule has 0 atom stereocenters. The maximum absolute atomic E-state index is 9.53. The Kier molecular flexibility index (Phi) is 50.4. The monoisotopic (exact) mass is 228 g/mol.